The summed E-state index contributed by atoms with van der Waals surface area (Å²) >= 11 is 0. The van der Waals surface area contributed by atoms with Crippen LogP contribution in [0.2, 0.25) is 0 Å². The van der Waals surface area contributed by atoms with Crippen LogP contribution in [0, 0.1) is 0 Å². The number of aryl methyl sites for hydroxylation is 2. The second-order valence-corrected chi connectivity index (χ2v) is 13.1. The van der Waals surface area contributed by atoms with Gasteiger partial charge in [-0.1, -0.05) is 36.4 Å². The third-order valence-corrected chi connectivity index (χ3v) is 9.22. The van der Waals surface area contributed by atoms with E-state index in [4.69, 9.17) is 9.47 Å². The van der Waals surface area contributed by atoms with E-state index in [1.165, 1.54) is 0 Å². The number of ether oxygens (including phenoxy) is 2. The number of dihydropyridines is 1. The minimum absolute atomic E-state index is 0.112. The summed E-state index contributed by atoms with van der Waals surface area (Å²) < 4.78 is 11.6. The average Bonchev–Trinajstić information content (AvgIpc) is 3.19. The van der Waals surface area contributed by atoms with Gasteiger partial charge in [0.05, 0.1) is 36.0 Å². The number of amides is 2. The molecule has 4 heterocycles. The van der Waals surface area contributed by atoms with Crippen molar-refractivity contribution in [2.45, 2.75) is 58.3 Å². The summed E-state index contributed by atoms with van der Waals surface area (Å²) in [7, 11) is 0. The van der Waals surface area contributed by atoms with Crippen molar-refractivity contribution in [2.75, 3.05) is 18.5 Å². The number of anilines is 1. The Morgan fingerprint density at radius 3 is 1.83 bits per heavy atom. The monoisotopic (exact) mass is 726 g/mol. The molecular weight excluding hydrogens is 684 g/mol. The van der Waals surface area contributed by atoms with Crippen molar-refractivity contribution in [3.8, 4) is 0 Å². The topological polar surface area (TPSA) is 161 Å². The highest BCUT2D eigenvalue weighted by atomic mass is 16.5. The highest BCUT2D eigenvalue weighted by molar-refractivity contribution is 6.06. The Balaban J connectivity index is 1.18. The van der Waals surface area contributed by atoms with Gasteiger partial charge in [-0.15, -0.1) is 0 Å². The minimum Gasteiger partial charge on any atom is -0.462 e. The average molecular weight is 727 g/mol. The highest BCUT2D eigenvalue weighted by Crippen LogP contribution is 2.39. The van der Waals surface area contributed by atoms with E-state index in [0.717, 1.165) is 22.4 Å². The van der Waals surface area contributed by atoms with Crippen LogP contribution in [0.1, 0.15) is 78.1 Å². The molecule has 2 aliphatic heterocycles. The van der Waals surface area contributed by atoms with Crippen molar-refractivity contribution < 1.29 is 28.7 Å². The van der Waals surface area contributed by atoms with Crippen molar-refractivity contribution in [3.63, 3.8) is 0 Å². The lowest BCUT2D eigenvalue weighted by molar-refractivity contribution is -0.140. The van der Waals surface area contributed by atoms with E-state index >= 15 is 0 Å². The molecule has 2 aromatic heterocycles. The standard InChI is InChI=1S/C42H42N6O6/c1-27-37(41(51)53-23-5-9-29-7-3-21-43-25-29)39(38(28(2)45-27)42(52)54-24-6-10-30-8-4-22-44-26-30)32-11-13-33(14-12-32)40(50)46-34-17-15-31(16-18-34)35-19-20-36(49)48-47-35/h3-4,7-8,11-18,21-22,25-26,39,45H,5-6,9-10,19-20,23-24H2,1-2H3,(H,46,50)(H,48,49). The van der Waals surface area contributed by atoms with Crippen molar-refractivity contribution in [1.82, 2.24) is 20.7 Å². The van der Waals surface area contributed by atoms with Gasteiger partial charge in [-0.05, 0) is 98.2 Å². The van der Waals surface area contributed by atoms with Crippen LogP contribution in [0.4, 0.5) is 5.69 Å². The summed E-state index contributed by atoms with van der Waals surface area (Å²) in [6.07, 6.45) is 10.5. The number of nitrogens with zero attached hydrogens (tertiary/aromatic N) is 3. The molecule has 6 rings (SSSR count). The first-order valence-electron chi connectivity index (χ1n) is 17.9. The molecule has 4 aromatic rings. The van der Waals surface area contributed by atoms with Gasteiger partial charge in [0, 0.05) is 60.3 Å². The lowest BCUT2D eigenvalue weighted by atomic mass is 9.80. The van der Waals surface area contributed by atoms with Crippen molar-refractivity contribution in [2.24, 2.45) is 5.10 Å². The van der Waals surface area contributed by atoms with Crippen molar-refractivity contribution in [1.29, 1.82) is 0 Å². The molecule has 2 aliphatic rings. The first-order valence-corrected chi connectivity index (χ1v) is 17.9. The van der Waals surface area contributed by atoms with Crippen LogP contribution in [0.25, 0.3) is 0 Å². The second-order valence-electron chi connectivity index (χ2n) is 13.1. The molecular formula is C42H42N6O6. The number of carbonyl (C=O) groups is 4. The van der Waals surface area contributed by atoms with Crippen LogP contribution < -0.4 is 16.1 Å². The Morgan fingerprint density at radius 1 is 0.759 bits per heavy atom. The summed E-state index contributed by atoms with van der Waals surface area (Å²) in [5.41, 5.74) is 9.53. The third kappa shape index (κ3) is 9.51. The summed E-state index contributed by atoms with van der Waals surface area (Å²) in [5.74, 6) is -2.34. The van der Waals surface area contributed by atoms with Crippen LogP contribution in [0.15, 0.2) is 125 Å². The molecule has 0 fully saturated rings. The number of pyridine rings is 2. The molecule has 0 bridgehead atoms. The van der Waals surface area contributed by atoms with E-state index in [2.05, 4.69) is 31.1 Å². The summed E-state index contributed by atoms with van der Waals surface area (Å²) in [6.45, 7) is 3.92. The van der Waals surface area contributed by atoms with Crippen LogP contribution in [-0.4, -0.2) is 52.6 Å². The van der Waals surface area contributed by atoms with Gasteiger partial charge in [0.2, 0.25) is 5.91 Å². The summed E-state index contributed by atoms with van der Waals surface area (Å²) in [4.78, 5) is 60.7. The second kappa shape index (κ2) is 17.9. The maximum Gasteiger partial charge on any atom is 0.336 e. The fourth-order valence-corrected chi connectivity index (χ4v) is 6.46. The Labute approximate surface area is 313 Å². The van der Waals surface area contributed by atoms with Crippen LogP contribution in [-0.2, 0) is 36.7 Å². The van der Waals surface area contributed by atoms with Crippen LogP contribution >= 0.6 is 0 Å². The largest absolute Gasteiger partial charge is 0.462 e. The third-order valence-electron chi connectivity index (χ3n) is 9.22. The van der Waals surface area contributed by atoms with E-state index in [-0.39, 0.29) is 25.0 Å². The van der Waals surface area contributed by atoms with E-state index in [0.29, 0.717) is 77.9 Å². The molecule has 12 heteroatoms. The molecule has 0 spiro atoms. The normalized spacial score (nSPS) is 14.5. The number of benzene rings is 2. The molecule has 3 N–H and O–H groups in total. The van der Waals surface area contributed by atoms with Gasteiger partial charge in [-0.3, -0.25) is 19.6 Å². The van der Waals surface area contributed by atoms with Gasteiger partial charge >= 0.3 is 11.9 Å². The van der Waals surface area contributed by atoms with E-state index < -0.39 is 17.9 Å². The predicted molar refractivity (Wildman–Crippen MR) is 203 cm³/mol. The minimum atomic E-state index is -0.806. The zero-order chi connectivity index (χ0) is 37.9. The SMILES string of the molecule is CC1=C(C(=O)OCCCc2cccnc2)C(c2ccc(C(=O)Nc3ccc(C4=NNC(=O)CC4)cc3)cc2)C(C(=O)OCCCc2cccnc2)=C(C)N1. The number of hydrazone groups is 1. The van der Waals surface area contributed by atoms with Crippen molar-refractivity contribution >= 4 is 35.2 Å². The molecule has 276 valence electrons. The molecule has 54 heavy (non-hydrogen) atoms. The van der Waals surface area contributed by atoms with E-state index in [1.807, 2.05) is 36.4 Å². The van der Waals surface area contributed by atoms with E-state index in [9.17, 15) is 19.2 Å². The fraction of sp³-hybridized carbons (Fsp3) is 0.262. The van der Waals surface area contributed by atoms with Crippen molar-refractivity contribution in [3.05, 3.63) is 148 Å². The quantitative estimate of drug-likeness (QED) is 0.106. The number of aromatic nitrogens is 2. The van der Waals surface area contributed by atoms with Crippen LogP contribution in [0.5, 0.6) is 0 Å². The zero-order valence-electron chi connectivity index (χ0n) is 30.3. The number of hydrogen-bond donors (Lipinski definition) is 3. The molecule has 0 atom stereocenters. The van der Waals surface area contributed by atoms with Gasteiger partial charge in [0.15, 0.2) is 0 Å². The predicted octanol–water partition coefficient (Wildman–Crippen LogP) is 5.93. The highest BCUT2D eigenvalue weighted by Gasteiger charge is 2.38. The number of hydrogen-bond acceptors (Lipinski definition) is 10. The number of nitrogens with one attached hydrogen (secondary N) is 3. The maximum atomic E-state index is 13.8. The van der Waals surface area contributed by atoms with Gasteiger partial charge in [-0.25, -0.2) is 15.0 Å². The Bertz CT molecular complexity index is 2000. The van der Waals surface area contributed by atoms with Gasteiger partial charge in [0.1, 0.15) is 0 Å². The maximum absolute atomic E-state index is 13.8. The zero-order valence-corrected chi connectivity index (χ0v) is 30.3. The number of esters is 2. The molecule has 2 aromatic carbocycles. The molecule has 0 unspecified atom stereocenters. The molecule has 0 aliphatic carbocycles. The molecule has 2 amide bonds. The summed E-state index contributed by atoms with van der Waals surface area (Å²) in [5, 5.41) is 10.2. The fourth-order valence-electron chi connectivity index (χ4n) is 6.46. The molecule has 0 radical (unpaired) electrons. The lowest BCUT2D eigenvalue weighted by Crippen LogP contribution is -2.32. The van der Waals surface area contributed by atoms with Gasteiger partial charge in [0.25, 0.3) is 5.91 Å². The molecule has 0 saturated carbocycles. The van der Waals surface area contributed by atoms with Gasteiger partial charge < -0.3 is 20.1 Å². The Hall–Kier alpha value is -6.43. The lowest BCUT2D eigenvalue weighted by Gasteiger charge is -2.30. The number of allylic oxidation sites excluding steroid dienone is 2. The summed E-state index contributed by atoms with van der Waals surface area (Å²) in [6, 6.07) is 21.7. The molecule has 0 saturated heterocycles. The Morgan fingerprint density at radius 2 is 1.33 bits per heavy atom. The van der Waals surface area contributed by atoms with E-state index in [1.54, 1.807) is 75.0 Å². The van der Waals surface area contributed by atoms with Gasteiger partial charge in [-0.2, -0.15) is 5.10 Å². The number of carbonyl (C=O) groups excluding carboxylic acids is 4. The first kappa shape index (κ1) is 37.3. The number of rotatable bonds is 14. The Kier molecular flexibility index (Phi) is 12.4. The smallest absolute Gasteiger partial charge is 0.336 e. The molecule has 12 nitrogen and oxygen atoms in total. The van der Waals surface area contributed by atoms with Crippen LogP contribution in [0.3, 0.4) is 0 Å². The first-order chi connectivity index (χ1) is 26.3.